The summed E-state index contributed by atoms with van der Waals surface area (Å²) in [5.41, 5.74) is 0.790. The molecule has 0 bridgehead atoms. The number of likely N-dealkylation sites (N-methyl/N-ethyl adjacent to an activating group) is 1. The zero-order valence-corrected chi connectivity index (χ0v) is 17.1. The number of ether oxygens (including phenoxy) is 2. The second-order valence-corrected chi connectivity index (χ2v) is 7.69. The van der Waals surface area contributed by atoms with Gasteiger partial charge in [-0.1, -0.05) is 12.1 Å². The highest BCUT2D eigenvalue weighted by atomic mass is 16.5. The zero-order valence-electron chi connectivity index (χ0n) is 17.1. The van der Waals surface area contributed by atoms with E-state index in [0.717, 1.165) is 56.9 Å². The van der Waals surface area contributed by atoms with Crippen molar-refractivity contribution in [3.05, 3.63) is 29.8 Å². The lowest BCUT2D eigenvalue weighted by Crippen LogP contribution is -2.41. The van der Waals surface area contributed by atoms with Gasteiger partial charge in [0.25, 0.3) is 0 Å². The molecule has 27 heavy (non-hydrogen) atoms. The third kappa shape index (κ3) is 6.79. The maximum atomic E-state index is 11.9. The molecule has 1 aliphatic rings. The number of carbonyl (C=O) groups is 1. The lowest BCUT2D eigenvalue weighted by atomic mass is 9.95. The molecule has 1 saturated heterocycles. The number of aliphatic carboxylic acids is 1. The molecule has 1 N–H and O–H groups in total. The fraction of sp³-hybridized carbons (Fsp3) is 0.667. The van der Waals surface area contributed by atoms with Crippen LogP contribution >= 0.6 is 0 Å². The Balaban J connectivity index is 1.93. The van der Waals surface area contributed by atoms with Gasteiger partial charge in [0.1, 0.15) is 11.8 Å². The molecule has 1 atom stereocenters. The fourth-order valence-corrected chi connectivity index (χ4v) is 3.71. The summed E-state index contributed by atoms with van der Waals surface area (Å²) < 4.78 is 10.8. The van der Waals surface area contributed by atoms with Crippen LogP contribution in [0.15, 0.2) is 24.3 Å². The summed E-state index contributed by atoms with van der Waals surface area (Å²) in [5, 5.41) is 9.79. The van der Waals surface area contributed by atoms with E-state index >= 15 is 0 Å². The van der Waals surface area contributed by atoms with Gasteiger partial charge in [-0.3, -0.25) is 9.69 Å². The van der Waals surface area contributed by atoms with Crippen molar-refractivity contribution in [1.29, 1.82) is 0 Å². The van der Waals surface area contributed by atoms with Gasteiger partial charge in [-0.15, -0.1) is 0 Å². The molecule has 1 aliphatic heterocycles. The standard InChI is InChI=1S/C21H34N2O4/c1-16(2)27-19-7-5-18(6-8-19)20(21(24)25)22(3)15-17-9-11-23(12-10-17)13-14-26-4/h5-8,16-17,20H,9-15H2,1-4H3,(H,24,25)/t20-/m0/s1. The summed E-state index contributed by atoms with van der Waals surface area (Å²) in [4.78, 5) is 16.3. The molecule has 0 amide bonds. The number of methoxy groups -OCH3 is 1. The van der Waals surface area contributed by atoms with E-state index in [9.17, 15) is 9.90 Å². The van der Waals surface area contributed by atoms with Gasteiger partial charge in [0.05, 0.1) is 12.7 Å². The van der Waals surface area contributed by atoms with Gasteiger partial charge in [-0.25, -0.2) is 0 Å². The van der Waals surface area contributed by atoms with Crippen molar-refractivity contribution in [3.8, 4) is 5.75 Å². The molecule has 0 aliphatic carbocycles. The molecule has 0 radical (unpaired) electrons. The fourth-order valence-electron chi connectivity index (χ4n) is 3.71. The molecule has 6 nitrogen and oxygen atoms in total. The number of benzene rings is 1. The summed E-state index contributed by atoms with van der Waals surface area (Å²) in [6.45, 7) is 8.59. The van der Waals surface area contributed by atoms with Crippen molar-refractivity contribution < 1.29 is 19.4 Å². The molecule has 0 spiro atoms. The SMILES string of the molecule is COCCN1CCC(CN(C)[C@H](C(=O)O)c2ccc(OC(C)C)cc2)CC1. The van der Waals surface area contributed by atoms with E-state index in [2.05, 4.69) is 4.90 Å². The van der Waals surface area contributed by atoms with Gasteiger partial charge < -0.3 is 19.5 Å². The minimum absolute atomic E-state index is 0.101. The summed E-state index contributed by atoms with van der Waals surface area (Å²) in [6, 6.07) is 6.80. The quantitative estimate of drug-likeness (QED) is 0.675. The molecular formula is C21H34N2O4. The van der Waals surface area contributed by atoms with Crippen LogP contribution < -0.4 is 4.74 Å². The van der Waals surface area contributed by atoms with Crippen molar-refractivity contribution in [2.24, 2.45) is 5.92 Å². The van der Waals surface area contributed by atoms with Crippen LogP contribution in [0.3, 0.4) is 0 Å². The summed E-state index contributed by atoms with van der Waals surface area (Å²) in [6.07, 6.45) is 2.30. The lowest BCUT2D eigenvalue weighted by Gasteiger charge is -2.35. The highest BCUT2D eigenvalue weighted by Crippen LogP contribution is 2.26. The molecule has 2 rings (SSSR count). The molecule has 1 aromatic rings. The first-order chi connectivity index (χ1) is 12.9. The average molecular weight is 379 g/mol. The number of carboxylic acids is 1. The Hall–Kier alpha value is -1.63. The van der Waals surface area contributed by atoms with Gasteiger partial charge >= 0.3 is 5.97 Å². The van der Waals surface area contributed by atoms with E-state index in [-0.39, 0.29) is 6.10 Å². The van der Waals surface area contributed by atoms with Crippen LogP contribution in [0.25, 0.3) is 0 Å². The number of nitrogens with zero attached hydrogens (tertiary/aromatic N) is 2. The molecule has 6 heteroatoms. The number of hydrogen-bond acceptors (Lipinski definition) is 5. The lowest BCUT2D eigenvalue weighted by molar-refractivity contribution is -0.143. The van der Waals surface area contributed by atoms with Gasteiger partial charge in [0, 0.05) is 20.2 Å². The Morgan fingerprint density at radius 3 is 2.41 bits per heavy atom. The first-order valence-corrected chi connectivity index (χ1v) is 9.81. The van der Waals surface area contributed by atoms with Gasteiger partial charge in [0.15, 0.2) is 0 Å². The van der Waals surface area contributed by atoms with E-state index in [1.54, 1.807) is 7.11 Å². The van der Waals surface area contributed by atoms with Crippen LogP contribution in [0.4, 0.5) is 0 Å². The molecule has 1 fully saturated rings. The molecular weight excluding hydrogens is 344 g/mol. The predicted molar refractivity (Wildman–Crippen MR) is 106 cm³/mol. The zero-order chi connectivity index (χ0) is 19.8. The first-order valence-electron chi connectivity index (χ1n) is 9.81. The van der Waals surface area contributed by atoms with E-state index in [1.165, 1.54) is 0 Å². The highest BCUT2D eigenvalue weighted by Gasteiger charge is 2.28. The molecule has 1 aromatic carbocycles. The minimum Gasteiger partial charge on any atom is -0.491 e. The van der Waals surface area contributed by atoms with Crippen LogP contribution in [0.1, 0.15) is 38.3 Å². The second kappa shape index (κ2) is 10.6. The summed E-state index contributed by atoms with van der Waals surface area (Å²) >= 11 is 0. The van der Waals surface area contributed by atoms with Crippen LogP contribution in [-0.2, 0) is 9.53 Å². The Morgan fingerprint density at radius 1 is 1.26 bits per heavy atom. The van der Waals surface area contributed by atoms with Crippen molar-refractivity contribution in [2.45, 2.75) is 38.8 Å². The number of piperidine rings is 1. The third-order valence-corrected chi connectivity index (χ3v) is 5.11. The van der Waals surface area contributed by atoms with Crippen molar-refractivity contribution in [3.63, 3.8) is 0 Å². The topological polar surface area (TPSA) is 62.2 Å². The van der Waals surface area contributed by atoms with Crippen LogP contribution in [0.5, 0.6) is 5.75 Å². The number of rotatable bonds is 10. The molecule has 0 saturated carbocycles. The maximum Gasteiger partial charge on any atom is 0.325 e. The van der Waals surface area contributed by atoms with Crippen LogP contribution in [-0.4, -0.2) is 73.9 Å². The van der Waals surface area contributed by atoms with Gasteiger partial charge in [-0.05, 0) is 70.4 Å². The number of likely N-dealkylation sites (tertiary alicyclic amines) is 1. The summed E-state index contributed by atoms with van der Waals surface area (Å²) in [7, 11) is 3.64. The highest BCUT2D eigenvalue weighted by molar-refractivity contribution is 5.75. The number of carboxylic acid groups (broad SMARTS) is 1. The summed E-state index contributed by atoms with van der Waals surface area (Å²) in [5.74, 6) is 0.482. The minimum atomic E-state index is -0.812. The molecule has 152 valence electrons. The monoisotopic (exact) mass is 378 g/mol. The van der Waals surface area contributed by atoms with E-state index < -0.39 is 12.0 Å². The molecule has 0 unspecified atom stereocenters. The Bertz CT molecular complexity index is 568. The second-order valence-electron chi connectivity index (χ2n) is 7.69. The maximum absolute atomic E-state index is 11.9. The van der Waals surface area contributed by atoms with Crippen molar-refractivity contribution >= 4 is 5.97 Å². The average Bonchev–Trinajstić information content (AvgIpc) is 2.62. The van der Waals surface area contributed by atoms with Crippen LogP contribution in [0, 0.1) is 5.92 Å². The van der Waals surface area contributed by atoms with Gasteiger partial charge in [-0.2, -0.15) is 0 Å². The smallest absolute Gasteiger partial charge is 0.325 e. The Labute approximate surface area is 163 Å². The predicted octanol–water partition coefficient (Wildman–Crippen LogP) is 2.89. The molecule has 0 aromatic heterocycles. The van der Waals surface area contributed by atoms with E-state index in [0.29, 0.717) is 5.92 Å². The van der Waals surface area contributed by atoms with Gasteiger partial charge in [0.2, 0.25) is 0 Å². The third-order valence-electron chi connectivity index (χ3n) is 5.11. The normalized spacial score (nSPS) is 17.4. The van der Waals surface area contributed by atoms with Crippen molar-refractivity contribution in [1.82, 2.24) is 9.80 Å². The largest absolute Gasteiger partial charge is 0.491 e. The number of hydrogen-bond donors (Lipinski definition) is 1. The first kappa shape index (κ1) is 21.7. The van der Waals surface area contributed by atoms with Crippen molar-refractivity contribution in [2.75, 3.05) is 46.9 Å². The molecule has 1 heterocycles. The van der Waals surface area contributed by atoms with E-state index in [1.807, 2.05) is 50.1 Å². The Morgan fingerprint density at radius 2 is 1.89 bits per heavy atom. The Kier molecular flexibility index (Phi) is 8.54. The van der Waals surface area contributed by atoms with Crippen LogP contribution in [0.2, 0.25) is 0 Å². The van der Waals surface area contributed by atoms with E-state index in [4.69, 9.17) is 9.47 Å².